The van der Waals surface area contributed by atoms with E-state index < -0.39 is 11.7 Å². The van der Waals surface area contributed by atoms with Crippen molar-refractivity contribution < 1.29 is 13.2 Å². The van der Waals surface area contributed by atoms with Crippen molar-refractivity contribution in [1.82, 2.24) is 9.97 Å². The maximum atomic E-state index is 12.9. The van der Waals surface area contributed by atoms with Gasteiger partial charge in [0.2, 0.25) is 5.95 Å². The van der Waals surface area contributed by atoms with Gasteiger partial charge in [-0.1, -0.05) is 36.4 Å². The molecule has 7 heteroatoms. The molecule has 1 aromatic heterocycles. The van der Waals surface area contributed by atoms with E-state index in [0.29, 0.717) is 17.6 Å². The Morgan fingerprint density at radius 1 is 0.889 bits per heavy atom. The van der Waals surface area contributed by atoms with Crippen molar-refractivity contribution in [3.63, 3.8) is 0 Å². The van der Waals surface area contributed by atoms with Crippen molar-refractivity contribution in [2.45, 2.75) is 25.1 Å². The Morgan fingerprint density at radius 2 is 1.67 bits per heavy atom. The van der Waals surface area contributed by atoms with Gasteiger partial charge in [0.05, 0.1) is 11.3 Å². The molecule has 2 aromatic carbocycles. The lowest BCUT2D eigenvalue weighted by Crippen LogP contribution is -2.08. The average molecular weight is 370 g/mol. The number of benzene rings is 2. The first-order valence-corrected chi connectivity index (χ1v) is 8.63. The van der Waals surface area contributed by atoms with Crippen molar-refractivity contribution in [2.24, 2.45) is 0 Å². The van der Waals surface area contributed by atoms with E-state index in [4.69, 9.17) is 0 Å². The van der Waals surface area contributed by atoms with Crippen LogP contribution < -0.4 is 10.6 Å². The Hall–Kier alpha value is -3.09. The fourth-order valence-electron chi connectivity index (χ4n) is 2.67. The van der Waals surface area contributed by atoms with E-state index in [2.05, 4.69) is 20.6 Å². The fraction of sp³-hybridized carbons (Fsp3) is 0.200. The molecule has 0 bridgehead atoms. The summed E-state index contributed by atoms with van der Waals surface area (Å²) in [4.78, 5) is 8.89. The van der Waals surface area contributed by atoms with Crippen molar-refractivity contribution in [2.75, 3.05) is 10.6 Å². The lowest BCUT2D eigenvalue weighted by molar-refractivity contribution is -0.137. The van der Waals surface area contributed by atoms with Gasteiger partial charge in [0.25, 0.3) is 0 Å². The predicted molar refractivity (Wildman–Crippen MR) is 98.8 cm³/mol. The number of rotatable bonds is 5. The summed E-state index contributed by atoms with van der Waals surface area (Å²) in [5.74, 6) is 0.902. The molecule has 1 heterocycles. The lowest BCUT2D eigenvalue weighted by Gasteiger charge is -2.12. The summed E-state index contributed by atoms with van der Waals surface area (Å²) < 4.78 is 38.8. The van der Waals surface area contributed by atoms with Gasteiger partial charge in [-0.25, -0.2) is 4.98 Å². The van der Waals surface area contributed by atoms with Crippen LogP contribution in [0.15, 0.2) is 60.7 Å². The van der Waals surface area contributed by atoms with Crippen LogP contribution in [0.1, 0.15) is 18.4 Å². The molecule has 1 aliphatic carbocycles. The summed E-state index contributed by atoms with van der Waals surface area (Å²) in [6, 6.07) is 16.8. The molecule has 0 atom stereocenters. The average Bonchev–Trinajstić information content (AvgIpc) is 3.46. The van der Waals surface area contributed by atoms with Gasteiger partial charge in [-0.3, -0.25) is 0 Å². The monoisotopic (exact) mass is 370 g/mol. The summed E-state index contributed by atoms with van der Waals surface area (Å²) in [6.07, 6.45) is -2.23. The zero-order valence-electron chi connectivity index (χ0n) is 14.3. The molecule has 1 saturated carbocycles. The summed E-state index contributed by atoms with van der Waals surface area (Å²) in [5, 5.41) is 6.22. The van der Waals surface area contributed by atoms with E-state index in [9.17, 15) is 13.2 Å². The zero-order valence-corrected chi connectivity index (χ0v) is 14.3. The maximum Gasteiger partial charge on any atom is 0.416 e. The Morgan fingerprint density at radius 3 is 2.37 bits per heavy atom. The number of nitrogens with one attached hydrogen (secondary N) is 2. The molecule has 138 valence electrons. The summed E-state index contributed by atoms with van der Waals surface area (Å²) in [5.41, 5.74) is 1.17. The quantitative estimate of drug-likeness (QED) is 0.624. The second-order valence-electron chi connectivity index (χ2n) is 6.45. The van der Waals surface area contributed by atoms with Crippen molar-refractivity contribution in [3.8, 4) is 11.3 Å². The van der Waals surface area contributed by atoms with Gasteiger partial charge in [0.15, 0.2) is 0 Å². The minimum Gasteiger partial charge on any atom is -0.367 e. The van der Waals surface area contributed by atoms with E-state index in [1.54, 1.807) is 6.07 Å². The van der Waals surface area contributed by atoms with Crippen LogP contribution in [0.3, 0.4) is 0 Å². The summed E-state index contributed by atoms with van der Waals surface area (Å²) in [6.45, 7) is 0. The molecule has 0 amide bonds. The zero-order chi connectivity index (χ0) is 18.9. The molecule has 27 heavy (non-hydrogen) atoms. The summed E-state index contributed by atoms with van der Waals surface area (Å²) >= 11 is 0. The highest BCUT2D eigenvalue weighted by Crippen LogP contribution is 2.32. The second-order valence-corrected chi connectivity index (χ2v) is 6.45. The first kappa shape index (κ1) is 17.3. The highest BCUT2D eigenvalue weighted by atomic mass is 19.4. The van der Waals surface area contributed by atoms with Gasteiger partial charge >= 0.3 is 6.18 Å². The first-order chi connectivity index (χ1) is 13.0. The van der Waals surface area contributed by atoms with E-state index in [-0.39, 0.29) is 11.6 Å². The molecule has 0 aliphatic heterocycles. The molecule has 4 nitrogen and oxygen atoms in total. The first-order valence-electron chi connectivity index (χ1n) is 8.63. The number of hydrogen-bond donors (Lipinski definition) is 2. The molecule has 1 fully saturated rings. The lowest BCUT2D eigenvalue weighted by atomic mass is 10.1. The summed E-state index contributed by atoms with van der Waals surface area (Å²) in [7, 11) is 0. The minimum atomic E-state index is -4.40. The Labute approximate surface area is 154 Å². The standard InChI is InChI=1S/C20H17F3N4/c21-20(22,23)14-7-4-8-16(11-14)25-19-26-17(13-5-2-1-3-6-13)12-18(27-19)24-15-9-10-15/h1-8,11-12,15H,9-10H2,(H2,24,25,26,27). The molecule has 3 aromatic rings. The molecule has 0 saturated heterocycles. The van der Waals surface area contributed by atoms with Gasteiger partial charge in [-0.15, -0.1) is 0 Å². The highest BCUT2D eigenvalue weighted by Gasteiger charge is 2.30. The van der Waals surface area contributed by atoms with Gasteiger partial charge < -0.3 is 10.6 Å². The van der Waals surface area contributed by atoms with Gasteiger partial charge in [-0.2, -0.15) is 18.2 Å². The van der Waals surface area contributed by atoms with E-state index >= 15 is 0 Å². The normalized spacial score (nSPS) is 14.0. The minimum absolute atomic E-state index is 0.249. The van der Waals surface area contributed by atoms with Crippen LogP contribution in [0.2, 0.25) is 0 Å². The number of halogens is 3. The third kappa shape index (κ3) is 4.36. The fourth-order valence-corrected chi connectivity index (χ4v) is 2.67. The highest BCUT2D eigenvalue weighted by molar-refractivity contribution is 5.66. The van der Waals surface area contributed by atoms with E-state index in [0.717, 1.165) is 30.5 Å². The van der Waals surface area contributed by atoms with Crippen LogP contribution >= 0.6 is 0 Å². The Kier molecular flexibility index (Phi) is 4.43. The van der Waals surface area contributed by atoms with Gasteiger partial charge in [0.1, 0.15) is 5.82 Å². The van der Waals surface area contributed by atoms with E-state index in [1.165, 1.54) is 6.07 Å². The number of nitrogens with zero attached hydrogens (tertiary/aromatic N) is 2. The molecular formula is C20H17F3N4. The van der Waals surface area contributed by atoms with Crippen LogP contribution in [-0.2, 0) is 6.18 Å². The van der Waals surface area contributed by atoms with E-state index in [1.807, 2.05) is 36.4 Å². The molecular weight excluding hydrogens is 353 g/mol. The second kappa shape index (κ2) is 6.90. The topological polar surface area (TPSA) is 49.8 Å². The van der Waals surface area contributed by atoms with Gasteiger partial charge in [0, 0.05) is 23.4 Å². The van der Waals surface area contributed by atoms with Crippen LogP contribution in [0.5, 0.6) is 0 Å². The molecule has 0 radical (unpaired) electrons. The third-order valence-electron chi connectivity index (χ3n) is 4.17. The van der Waals surface area contributed by atoms with Gasteiger partial charge in [-0.05, 0) is 31.0 Å². The largest absolute Gasteiger partial charge is 0.416 e. The van der Waals surface area contributed by atoms with Crippen LogP contribution in [0.25, 0.3) is 11.3 Å². The SMILES string of the molecule is FC(F)(F)c1cccc(Nc2nc(NC3CC3)cc(-c3ccccc3)n2)c1. The smallest absolute Gasteiger partial charge is 0.367 e. The molecule has 2 N–H and O–H groups in total. The van der Waals surface area contributed by atoms with Crippen molar-refractivity contribution in [1.29, 1.82) is 0 Å². The Bertz CT molecular complexity index is 937. The molecule has 0 spiro atoms. The van der Waals surface area contributed by atoms with Crippen LogP contribution in [0, 0.1) is 0 Å². The van der Waals surface area contributed by atoms with Crippen molar-refractivity contribution >= 4 is 17.5 Å². The third-order valence-corrected chi connectivity index (χ3v) is 4.17. The Balaban J connectivity index is 1.67. The number of alkyl halides is 3. The van der Waals surface area contributed by atoms with Crippen LogP contribution in [0.4, 0.5) is 30.6 Å². The predicted octanol–water partition coefficient (Wildman–Crippen LogP) is 5.48. The maximum absolute atomic E-state index is 12.9. The van der Waals surface area contributed by atoms with Crippen LogP contribution in [-0.4, -0.2) is 16.0 Å². The molecule has 4 rings (SSSR count). The number of anilines is 3. The number of hydrogen-bond acceptors (Lipinski definition) is 4. The number of aromatic nitrogens is 2. The molecule has 0 unspecified atom stereocenters. The van der Waals surface area contributed by atoms with Crippen molar-refractivity contribution in [3.05, 3.63) is 66.2 Å². The molecule has 1 aliphatic rings.